The number of carbonyl (C=O) groups is 3. The average molecular weight is 217 g/mol. The lowest BCUT2D eigenvalue weighted by atomic mass is 10.0. The molecule has 1 aromatic rings. The monoisotopic (exact) mass is 217 g/mol. The van der Waals surface area contributed by atoms with Gasteiger partial charge >= 0.3 is 5.97 Å². The highest BCUT2D eigenvalue weighted by Gasteiger charge is 2.35. The van der Waals surface area contributed by atoms with Crippen molar-refractivity contribution < 1.29 is 19.5 Å². The molecule has 5 heteroatoms. The molecule has 0 unspecified atom stereocenters. The number of imide groups is 1. The van der Waals surface area contributed by atoms with E-state index < -0.39 is 23.4 Å². The minimum absolute atomic E-state index is 0.0851. The second-order valence-corrected chi connectivity index (χ2v) is 3.20. The molecular formula is C11H7NO4. The van der Waals surface area contributed by atoms with Crippen LogP contribution in [0.3, 0.4) is 0 Å². The van der Waals surface area contributed by atoms with Crippen molar-refractivity contribution in [1.82, 2.24) is 5.32 Å². The van der Waals surface area contributed by atoms with Crippen molar-refractivity contribution in [1.29, 1.82) is 0 Å². The SMILES string of the molecule is O=C(O)C1=C(c2ccccc2)C(=O)NC1=O. The zero-order chi connectivity index (χ0) is 11.7. The van der Waals surface area contributed by atoms with E-state index in [4.69, 9.17) is 5.11 Å². The Morgan fingerprint density at radius 3 is 2.25 bits per heavy atom. The Morgan fingerprint density at radius 1 is 1.06 bits per heavy atom. The number of nitrogens with one attached hydrogen (secondary N) is 1. The topological polar surface area (TPSA) is 83.5 Å². The fourth-order valence-corrected chi connectivity index (χ4v) is 1.54. The number of aliphatic carboxylic acids is 1. The van der Waals surface area contributed by atoms with Crippen LogP contribution in [0.4, 0.5) is 0 Å². The molecule has 0 saturated heterocycles. The Bertz CT molecular complexity index is 516. The van der Waals surface area contributed by atoms with Crippen LogP contribution in [0.1, 0.15) is 5.56 Å². The summed E-state index contributed by atoms with van der Waals surface area (Å²) < 4.78 is 0. The second kappa shape index (κ2) is 3.62. The van der Waals surface area contributed by atoms with Crippen LogP contribution in [0.15, 0.2) is 35.9 Å². The van der Waals surface area contributed by atoms with Crippen LogP contribution >= 0.6 is 0 Å². The first-order chi connectivity index (χ1) is 7.61. The third kappa shape index (κ3) is 1.48. The van der Waals surface area contributed by atoms with E-state index in [2.05, 4.69) is 0 Å². The van der Waals surface area contributed by atoms with E-state index in [0.717, 1.165) is 0 Å². The van der Waals surface area contributed by atoms with E-state index in [1.165, 1.54) is 0 Å². The van der Waals surface area contributed by atoms with Crippen LogP contribution < -0.4 is 5.32 Å². The Labute approximate surface area is 90.4 Å². The van der Waals surface area contributed by atoms with Crippen molar-refractivity contribution in [3.8, 4) is 0 Å². The van der Waals surface area contributed by atoms with Crippen LogP contribution in [-0.4, -0.2) is 22.9 Å². The van der Waals surface area contributed by atoms with Gasteiger partial charge in [-0.05, 0) is 5.56 Å². The summed E-state index contributed by atoms with van der Waals surface area (Å²) in [5.74, 6) is -2.94. The number of carbonyl (C=O) groups excluding carboxylic acids is 2. The molecule has 2 rings (SSSR count). The summed E-state index contributed by atoms with van der Waals surface area (Å²) in [6.45, 7) is 0. The summed E-state index contributed by atoms with van der Waals surface area (Å²) in [6, 6.07) is 8.22. The van der Waals surface area contributed by atoms with Gasteiger partial charge < -0.3 is 5.11 Å². The van der Waals surface area contributed by atoms with Gasteiger partial charge in [0.2, 0.25) is 0 Å². The summed E-state index contributed by atoms with van der Waals surface area (Å²) in [5, 5.41) is 10.8. The molecule has 1 aliphatic rings. The Kier molecular flexibility index (Phi) is 2.28. The van der Waals surface area contributed by atoms with E-state index in [-0.39, 0.29) is 5.57 Å². The minimum Gasteiger partial charge on any atom is -0.477 e. The standard InChI is InChI=1S/C11H7NO4/c13-9-7(6-4-2-1-3-5-6)8(11(15)16)10(14)12-9/h1-5H,(H,15,16)(H,12,13,14). The van der Waals surface area contributed by atoms with Crippen molar-refractivity contribution in [3.05, 3.63) is 41.5 Å². The predicted octanol–water partition coefficient (Wildman–Crippen LogP) is 0.181. The first kappa shape index (κ1) is 10.1. The molecular weight excluding hydrogens is 210 g/mol. The molecule has 0 saturated carbocycles. The Morgan fingerprint density at radius 2 is 1.69 bits per heavy atom. The first-order valence-electron chi connectivity index (χ1n) is 4.50. The maximum atomic E-state index is 11.4. The fraction of sp³-hybridized carbons (Fsp3) is 0. The third-order valence-electron chi connectivity index (χ3n) is 2.21. The smallest absolute Gasteiger partial charge is 0.342 e. The normalized spacial score (nSPS) is 15.2. The summed E-state index contributed by atoms with van der Waals surface area (Å²) in [6.07, 6.45) is 0. The zero-order valence-electron chi connectivity index (χ0n) is 8.06. The maximum Gasteiger partial charge on any atom is 0.342 e. The van der Waals surface area contributed by atoms with E-state index >= 15 is 0 Å². The first-order valence-corrected chi connectivity index (χ1v) is 4.50. The largest absolute Gasteiger partial charge is 0.477 e. The Hall–Kier alpha value is -2.43. The lowest BCUT2D eigenvalue weighted by Crippen LogP contribution is -2.24. The predicted molar refractivity (Wildman–Crippen MR) is 54.1 cm³/mol. The van der Waals surface area contributed by atoms with E-state index in [0.29, 0.717) is 5.56 Å². The molecule has 2 amide bonds. The van der Waals surface area contributed by atoms with Gasteiger partial charge in [0.05, 0.1) is 5.57 Å². The third-order valence-corrected chi connectivity index (χ3v) is 2.21. The van der Waals surface area contributed by atoms with Crippen molar-refractivity contribution in [3.63, 3.8) is 0 Å². The molecule has 2 N–H and O–H groups in total. The molecule has 80 valence electrons. The van der Waals surface area contributed by atoms with Gasteiger partial charge in [0.1, 0.15) is 5.57 Å². The van der Waals surface area contributed by atoms with Crippen LogP contribution in [-0.2, 0) is 14.4 Å². The molecule has 1 heterocycles. The molecule has 0 bridgehead atoms. The summed E-state index contributed by atoms with van der Waals surface area (Å²) in [5.41, 5.74) is -0.169. The fourth-order valence-electron chi connectivity index (χ4n) is 1.54. The molecule has 16 heavy (non-hydrogen) atoms. The van der Waals surface area contributed by atoms with Gasteiger partial charge in [-0.3, -0.25) is 14.9 Å². The van der Waals surface area contributed by atoms with E-state index in [1.54, 1.807) is 30.3 Å². The number of carboxylic acid groups (broad SMARTS) is 1. The number of benzene rings is 1. The van der Waals surface area contributed by atoms with Gasteiger partial charge in [-0.1, -0.05) is 30.3 Å². The summed E-state index contributed by atoms with van der Waals surface area (Å²) in [7, 11) is 0. The van der Waals surface area contributed by atoms with Crippen molar-refractivity contribution in [2.75, 3.05) is 0 Å². The van der Waals surface area contributed by atoms with Gasteiger partial charge in [0, 0.05) is 0 Å². The van der Waals surface area contributed by atoms with Gasteiger partial charge in [-0.25, -0.2) is 4.79 Å². The molecule has 5 nitrogen and oxygen atoms in total. The molecule has 0 radical (unpaired) electrons. The van der Waals surface area contributed by atoms with Gasteiger partial charge in [0.25, 0.3) is 11.8 Å². The molecule has 0 spiro atoms. The van der Waals surface area contributed by atoms with Crippen LogP contribution in [0.25, 0.3) is 5.57 Å². The van der Waals surface area contributed by atoms with Gasteiger partial charge in [0.15, 0.2) is 0 Å². The molecule has 1 aromatic carbocycles. The summed E-state index contributed by atoms with van der Waals surface area (Å²) in [4.78, 5) is 33.6. The number of rotatable bonds is 2. The Balaban J connectivity index is 2.64. The van der Waals surface area contributed by atoms with Crippen LogP contribution in [0.5, 0.6) is 0 Å². The van der Waals surface area contributed by atoms with Crippen LogP contribution in [0, 0.1) is 0 Å². The van der Waals surface area contributed by atoms with Gasteiger partial charge in [-0.15, -0.1) is 0 Å². The highest BCUT2D eigenvalue weighted by atomic mass is 16.4. The quantitative estimate of drug-likeness (QED) is 0.546. The number of amides is 2. The molecule has 0 aromatic heterocycles. The number of carboxylic acids is 1. The number of hydrogen-bond donors (Lipinski definition) is 2. The summed E-state index contributed by atoms with van der Waals surface area (Å²) >= 11 is 0. The van der Waals surface area contributed by atoms with Gasteiger partial charge in [-0.2, -0.15) is 0 Å². The maximum absolute atomic E-state index is 11.4. The lowest BCUT2D eigenvalue weighted by Gasteiger charge is -1.99. The highest BCUT2D eigenvalue weighted by molar-refractivity contribution is 6.43. The minimum atomic E-state index is -1.40. The van der Waals surface area contributed by atoms with E-state index in [1.807, 2.05) is 5.32 Å². The van der Waals surface area contributed by atoms with E-state index in [9.17, 15) is 14.4 Å². The molecule has 0 atom stereocenters. The van der Waals surface area contributed by atoms with Crippen LogP contribution in [0.2, 0.25) is 0 Å². The molecule has 0 aliphatic carbocycles. The van der Waals surface area contributed by atoms with Crippen molar-refractivity contribution >= 4 is 23.4 Å². The van der Waals surface area contributed by atoms with Crippen molar-refractivity contribution in [2.24, 2.45) is 0 Å². The average Bonchev–Trinajstić information content (AvgIpc) is 2.55. The molecule has 1 aliphatic heterocycles. The molecule has 0 fully saturated rings. The number of hydrogen-bond acceptors (Lipinski definition) is 3. The highest BCUT2D eigenvalue weighted by Crippen LogP contribution is 2.23. The lowest BCUT2D eigenvalue weighted by molar-refractivity contribution is -0.134. The zero-order valence-corrected chi connectivity index (χ0v) is 8.06. The van der Waals surface area contributed by atoms with Crippen molar-refractivity contribution in [2.45, 2.75) is 0 Å². The second-order valence-electron chi connectivity index (χ2n) is 3.20.